The van der Waals surface area contributed by atoms with Crippen LogP contribution in [0.25, 0.3) is 0 Å². The highest BCUT2D eigenvalue weighted by Gasteiger charge is 2.03. The van der Waals surface area contributed by atoms with Crippen molar-refractivity contribution >= 4 is 17.7 Å². The van der Waals surface area contributed by atoms with Gasteiger partial charge in [0.15, 0.2) is 0 Å². The first-order chi connectivity index (χ1) is 4.76. The molecule has 0 saturated heterocycles. The van der Waals surface area contributed by atoms with Gasteiger partial charge in [0.05, 0.1) is 11.6 Å². The van der Waals surface area contributed by atoms with Gasteiger partial charge in [-0.2, -0.15) is 0 Å². The van der Waals surface area contributed by atoms with E-state index in [1.165, 1.54) is 11.9 Å². The number of hydrogen-bond acceptors (Lipinski definition) is 3. The van der Waals surface area contributed by atoms with Crippen molar-refractivity contribution in [2.45, 2.75) is 13.3 Å². The number of rotatable bonds is 3. The fraction of sp³-hybridized carbons (Fsp3) is 0.286. The van der Waals surface area contributed by atoms with Crippen molar-refractivity contribution in [2.75, 3.05) is 0 Å². The molecule has 0 N–H and O–H groups in total. The topological polar surface area (TPSA) is 51.2 Å². The molecule has 0 aliphatic carbocycles. The Balaban J connectivity index is 4.48. The summed E-state index contributed by atoms with van der Waals surface area (Å²) in [6, 6.07) is 0. The lowest BCUT2D eigenvalue weighted by atomic mass is 10.1. The Morgan fingerprint density at radius 2 is 2.10 bits per heavy atom. The van der Waals surface area contributed by atoms with Crippen molar-refractivity contribution in [2.24, 2.45) is 0 Å². The molecule has 0 bridgehead atoms. The third-order valence-corrected chi connectivity index (χ3v) is 0.964. The molecule has 0 unspecified atom stereocenters. The molecular weight excluding hydrogens is 132 g/mol. The molecule has 0 aliphatic rings. The summed E-state index contributed by atoms with van der Waals surface area (Å²) >= 11 is 0. The minimum absolute atomic E-state index is 0.0247. The van der Waals surface area contributed by atoms with Crippen molar-refractivity contribution in [3.8, 4) is 0 Å². The van der Waals surface area contributed by atoms with Gasteiger partial charge in [-0.05, 0) is 6.42 Å². The number of hydrogen-bond donors (Lipinski definition) is 0. The van der Waals surface area contributed by atoms with Crippen LogP contribution < -0.4 is 0 Å². The van der Waals surface area contributed by atoms with Gasteiger partial charge in [0.25, 0.3) is 0 Å². The average Bonchev–Trinajstić information content (AvgIpc) is 1.91. The molecule has 0 aromatic rings. The highest BCUT2D eigenvalue weighted by Crippen LogP contribution is 1.95. The average molecular weight is 138 g/mol. The van der Waals surface area contributed by atoms with E-state index in [9.17, 15) is 14.4 Å². The van der Waals surface area contributed by atoms with Crippen LogP contribution in [-0.2, 0) is 14.4 Å². The van der Waals surface area contributed by atoms with Crippen LogP contribution in [0, 0.1) is 0 Å². The van der Waals surface area contributed by atoms with Gasteiger partial charge in [0.1, 0.15) is 11.9 Å². The predicted molar refractivity (Wildman–Crippen MR) is 34.8 cm³/mol. The van der Waals surface area contributed by atoms with Gasteiger partial charge in [-0.1, -0.05) is 6.92 Å². The maximum Gasteiger partial charge on any atom is 0.203 e. The third kappa shape index (κ3) is 2.23. The predicted octanol–water partition coefficient (Wildman–Crippen LogP) is 0.111. The van der Waals surface area contributed by atoms with Crippen LogP contribution in [-0.4, -0.2) is 17.7 Å². The maximum atomic E-state index is 10.6. The summed E-state index contributed by atoms with van der Waals surface area (Å²) < 4.78 is 0. The molecule has 0 radical (unpaired) electrons. The molecule has 0 amide bonds. The van der Waals surface area contributed by atoms with Crippen LogP contribution in [0.1, 0.15) is 13.3 Å². The Bertz CT molecular complexity index is 227. The van der Waals surface area contributed by atoms with E-state index < -0.39 is 5.78 Å². The van der Waals surface area contributed by atoms with Crippen molar-refractivity contribution in [1.82, 2.24) is 0 Å². The quantitative estimate of drug-likeness (QED) is 0.411. The van der Waals surface area contributed by atoms with Gasteiger partial charge in [0.2, 0.25) is 5.78 Å². The van der Waals surface area contributed by atoms with E-state index in [4.69, 9.17) is 0 Å². The first kappa shape index (κ1) is 8.57. The second-order valence-electron chi connectivity index (χ2n) is 1.56. The van der Waals surface area contributed by atoms with E-state index in [2.05, 4.69) is 0 Å². The van der Waals surface area contributed by atoms with E-state index >= 15 is 0 Å². The fourth-order valence-corrected chi connectivity index (χ4v) is 0.437. The van der Waals surface area contributed by atoms with Crippen LogP contribution in [0.5, 0.6) is 0 Å². The minimum Gasteiger partial charge on any atom is -0.288 e. The molecule has 0 fully saturated rings. The fourth-order valence-electron chi connectivity index (χ4n) is 0.437. The Labute approximate surface area is 58.0 Å². The highest BCUT2D eigenvalue weighted by atomic mass is 16.1. The minimum atomic E-state index is -0.604. The summed E-state index contributed by atoms with van der Waals surface area (Å²) in [6.07, 6.45) is 0.976. The lowest BCUT2D eigenvalue weighted by Crippen LogP contribution is -1.97. The summed E-state index contributed by atoms with van der Waals surface area (Å²) in [5.41, 5.74) is -0.0247. The van der Waals surface area contributed by atoms with Gasteiger partial charge in [-0.3, -0.25) is 4.79 Å². The lowest BCUT2D eigenvalue weighted by molar-refractivity contribution is -0.111. The van der Waals surface area contributed by atoms with Crippen LogP contribution >= 0.6 is 0 Å². The third-order valence-electron chi connectivity index (χ3n) is 0.964. The highest BCUT2D eigenvalue weighted by molar-refractivity contribution is 6.12. The van der Waals surface area contributed by atoms with E-state index in [0.29, 0.717) is 12.5 Å². The van der Waals surface area contributed by atoms with Crippen LogP contribution in [0.2, 0.25) is 0 Å². The first-order valence-electron chi connectivity index (χ1n) is 2.75. The summed E-state index contributed by atoms with van der Waals surface area (Å²) in [5, 5.41) is 0. The molecule has 0 rings (SSSR count). The maximum absolute atomic E-state index is 10.6. The molecule has 0 aliphatic heterocycles. The SMILES string of the molecule is CCC(=C=O)C(=O)C=C=O. The molecule has 52 valence electrons. The smallest absolute Gasteiger partial charge is 0.203 e. The summed E-state index contributed by atoms with van der Waals surface area (Å²) in [5.74, 6) is 2.13. The number of ketones is 1. The van der Waals surface area contributed by atoms with Crippen molar-refractivity contribution in [3.05, 3.63) is 11.6 Å². The molecule has 10 heavy (non-hydrogen) atoms. The molecule has 0 aromatic carbocycles. The molecule has 3 nitrogen and oxygen atoms in total. The zero-order valence-electron chi connectivity index (χ0n) is 5.51. The van der Waals surface area contributed by atoms with Gasteiger partial charge in [-0.15, -0.1) is 0 Å². The van der Waals surface area contributed by atoms with E-state index in [0.717, 1.165) is 0 Å². The Morgan fingerprint density at radius 3 is 2.40 bits per heavy atom. The number of allylic oxidation sites excluding steroid dienone is 2. The summed E-state index contributed by atoms with van der Waals surface area (Å²) in [6.45, 7) is 1.64. The molecule has 0 saturated carbocycles. The Kier molecular flexibility index (Phi) is 3.81. The van der Waals surface area contributed by atoms with Crippen LogP contribution in [0.3, 0.4) is 0 Å². The van der Waals surface area contributed by atoms with E-state index in [-0.39, 0.29) is 5.57 Å². The first-order valence-corrected chi connectivity index (χ1v) is 2.75. The number of carbonyl (C=O) groups is 1. The molecular formula is C7H6O3. The molecule has 0 atom stereocenters. The lowest BCUT2D eigenvalue weighted by Gasteiger charge is -1.86. The largest absolute Gasteiger partial charge is 0.288 e. The molecule has 3 heteroatoms. The number of carbonyl (C=O) groups excluding carboxylic acids is 3. The zero-order valence-corrected chi connectivity index (χ0v) is 5.51. The van der Waals surface area contributed by atoms with Crippen molar-refractivity contribution < 1.29 is 14.4 Å². The van der Waals surface area contributed by atoms with Gasteiger partial charge >= 0.3 is 0 Å². The Hall–Kier alpha value is -1.43. The zero-order chi connectivity index (χ0) is 7.98. The molecule has 0 heterocycles. The van der Waals surface area contributed by atoms with Crippen LogP contribution in [0.15, 0.2) is 11.6 Å². The van der Waals surface area contributed by atoms with Crippen molar-refractivity contribution in [1.29, 1.82) is 0 Å². The van der Waals surface area contributed by atoms with Crippen molar-refractivity contribution in [3.63, 3.8) is 0 Å². The standard InChI is InChI=1S/C7H6O3/c1-2-6(5-9)7(10)3-4-8/h3H,2H2,1H3. The second-order valence-corrected chi connectivity index (χ2v) is 1.56. The van der Waals surface area contributed by atoms with Gasteiger partial charge < -0.3 is 0 Å². The summed E-state index contributed by atoms with van der Waals surface area (Å²) in [7, 11) is 0. The molecule has 0 spiro atoms. The monoisotopic (exact) mass is 138 g/mol. The van der Waals surface area contributed by atoms with Gasteiger partial charge in [0, 0.05) is 0 Å². The normalized spacial score (nSPS) is 7.30. The van der Waals surface area contributed by atoms with Crippen LogP contribution in [0.4, 0.5) is 0 Å². The van der Waals surface area contributed by atoms with E-state index in [1.54, 1.807) is 6.92 Å². The Morgan fingerprint density at radius 1 is 1.50 bits per heavy atom. The van der Waals surface area contributed by atoms with E-state index in [1.807, 2.05) is 0 Å². The molecule has 0 aromatic heterocycles. The second kappa shape index (κ2) is 4.45. The van der Waals surface area contributed by atoms with Gasteiger partial charge in [-0.25, -0.2) is 9.59 Å². The summed E-state index contributed by atoms with van der Waals surface area (Å²) in [4.78, 5) is 30.1.